The Bertz CT molecular complexity index is 892. The molecular formula is C17H12Cl2F6N2O2S. The van der Waals surface area contributed by atoms with Crippen LogP contribution in [0.5, 0.6) is 5.75 Å². The molecule has 0 atom stereocenters. The second kappa shape index (κ2) is 9.44. The highest BCUT2D eigenvalue weighted by Crippen LogP contribution is 2.38. The average Bonchev–Trinajstić information content (AvgIpc) is 2.65. The Balaban J connectivity index is 2.05. The van der Waals surface area contributed by atoms with Crippen molar-refractivity contribution in [2.75, 3.05) is 17.5 Å². The molecule has 0 spiro atoms. The number of nitrogens with zero attached hydrogens (tertiary/aromatic N) is 1. The molecule has 0 aliphatic heterocycles. The zero-order chi connectivity index (χ0) is 22.7. The highest BCUT2D eigenvalue weighted by molar-refractivity contribution is 7.82. The second-order valence-electron chi connectivity index (χ2n) is 5.73. The first kappa shape index (κ1) is 24.3. The van der Waals surface area contributed by atoms with Gasteiger partial charge >= 0.3 is 18.4 Å². The van der Waals surface area contributed by atoms with Gasteiger partial charge in [0, 0.05) is 6.07 Å². The van der Waals surface area contributed by atoms with E-state index in [4.69, 9.17) is 27.9 Å². The van der Waals surface area contributed by atoms with E-state index in [1.54, 1.807) is 0 Å². The number of halogens is 8. The van der Waals surface area contributed by atoms with Crippen LogP contribution in [0.25, 0.3) is 0 Å². The highest BCUT2D eigenvalue weighted by atomic mass is 35.5. The topological polar surface area (TPSA) is 41.6 Å². The largest absolute Gasteiger partial charge is 0.492 e. The Kier molecular flexibility index (Phi) is 7.64. The molecule has 2 aromatic rings. The summed E-state index contributed by atoms with van der Waals surface area (Å²) in [6, 6.07) is 4.10. The van der Waals surface area contributed by atoms with Crippen molar-refractivity contribution in [2.45, 2.75) is 12.4 Å². The number of rotatable bonds is 5. The molecule has 0 unspecified atom stereocenters. The van der Waals surface area contributed by atoms with Gasteiger partial charge in [0.25, 0.3) is 0 Å². The van der Waals surface area contributed by atoms with Crippen molar-refractivity contribution in [3.05, 3.63) is 57.6 Å². The predicted molar refractivity (Wildman–Crippen MR) is 103 cm³/mol. The van der Waals surface area contributed by atoms with Gasteiger partial charge in [-0.25, -0.2) is 9.10 Å². The van der Waals surface area contributed by atoms with Crippen molar-refractivity contribution >= 4 is 47.7 Å². The van der Waals surface area contributed by atoms with Crippen LogP contribution in [0.2, 0.25) is 10.0 Å². The van der Waals surface area contributed by atoms with Crippen LogP contribution in [0, 0.1) is 0 Å². The molecule has 0 aromatic heterocycles. The van der Waals surface area contributed by atoms with Gasteiger partial charge in [-0.3, -0.25) is 0 Å². The zero-order valence-corrected chi connectivity index (χ0v) is 17.0. The predicted octanol–water partition coefficient (Wildman–Crippen LogP) is 6.47. The van der Waals surface area contributed by atoms with E-state index >= 15 is 0 Å². The maximum absolute atomic E-state index is 12.9. The summed E-state index contributed by atoms with van der Waals surface area (Å²) in [4.78, 5) is 12.1. The van der Waals surface area contributed by atoms with Gasteiger partial charge in [0.1, 0.15) is 12.4 Å². The van der Waals surface area contributed by atoms with E-state index in [0.29, 0.717) is 27.2 Å². The van der Waals surface area contributed by atoms with Crippen LogP contribution in [0.15, 0.2) is 36.4 Å². The summed E-state index contributed by atoms with van der Waals surface area (Å²) in [6.45, 7) is -0.192. The molecule has 0 saturated heterocycles. The molecule has 1 N–H and O–H groups in total. The molecule has 0 fully saturated rings. The summed E-state index contributed by atoms with van der Waals surface area (Å²) < 4.78 is 83.2. The van der Waals surface area contributed by atoms with E-state index in [2.05, 4.69) is 18.1 Å². The van der Waals surface area contributed by atoms with Crippen molar-refractivity contribution in [3.63, 3.8) is 0 Å². The van der Waals surface area contributed by atoms with Crippen LogP contribution >= 0.6 is 36.0 Å². The smallest absolute Gasteiger partial charge is 0.416 e. The van der Waals surface area contributed by atoms with Crippen molar-refractivity contribution in [1.82, 2.24) is 5.32 Å². The fourth-order valence-electron chi connectivity index (χ4n) is 2.15. The monoisotopic (exact) mass is 492 g/mol. The lowest BCUT2D eigenvalue weighted by atomic mass is 10.1. The number of hydrogen-bond donors (Lipinski definition) is 2. The molecule has 0 bridgehead atoms. The third-order valence-corrected chi connectivity index (χ3v) is 4.70. The Morgan fingerprint density at radius 3 is 2.03 bits per heavy atom. The maximum Gasteiger partial charge on any atom is 0.416 e. The van der Waals surface area contributed by atoms with Crippen molar-refractivity contribution in [2.24, 2.45) is 0 Å². The van der Waals surface area contributed by atoms with Crippen LogP contribution in [-0.2, 0) is 12.4 Å². The normalized spacial score (nSPS) is 11.9. The SMILES string of the molecule is O=C(NCCOc1ccc(Cl)c(Cl)c1)N(S)c1cc(C(F)(F)F)cc(C(F)(F)F)c1. The number of ether oxygens (including phenoxy) is 1. The van der Waals surface area contributed by atoms with Gasteiger partial charge in [-0.05, 0) is 30.3 Å². The number of carbonyl (C=O) groups excluding carboxylic acids is 1. The van der Waals surface area contributed by atoms with Crippen LogP contribution in [0.1, 0.15) is 11.1 Å². The average molecular weight is 493 g/mol. The summed E-state index contributed by atoms with van der Waals surface area (Å²) in [6.07, 6.45) is -10.1. The van der Waals surface area contributed by atoms with Gasteiger partial charge in [-0.2, -0.15) is 26.3 Å². The third-order valence-electron chi connectivity index (χ3n) is 3.55. The lowest BCUT2D eigenvalue weighted by Crippen LogP contribution is -2.36. The number of hydrogen-bond acceptors (Lipinski definition) is 3. The molecule has 30 heavy (non-hydrogen) atoms. The summed E-state index contributed by atoms with van der Waals surface area (Å²) in [5, 5.41) is 2.81. The fourth-order valence-corrected chi connectivity index (χ4v) is 2.62. The number of nitrogens with one attached hydrogen (secondary N) is 1. The highest BCUT2D eigenvalue weighted by Gasteiger charge is 2.37. The Morgan fingerprint density at radius 2 is 1.53 bits per heavy atom. The van der Waals surface area contributed by atoms with E-state index in [-0.39, 0.29) is 24.2 Å². The quantitative estimate of drug-likeness (QED) is 0.285. The molecule has 164 valence electrons. The van der Waals surface area contributed by atoms with Gasteiger partial charge in [0.15, 0.2) is 0 Å². The minimum absolute atomic E-state index is 0.0475. The Hall–Kier alpha value is -1.98. The van der Waals surface area contributed by atoms with E-state index in [1.165, 1.54) is 18.2 Å². The maximum atomic E-state index is 12.9. The second-order valence-corrected chi connectivity index (χ2v) is 6.95. The first-order valence-corrected chi connectivity index (χ1v) is 9.09. The number of urea groups is 1. The fraction of sp³-hybridized carbons (Fsp3) is 0.235. The van der Waals surface area contributed by atoms with Gasteiger partial charge in [0.2, 0.25) is 0 Å². The van der Waals surface area contributed by atoms with E-state index in [1.807, 2.05) is 0 Å². The first-order chi connectivity index (χ1) is 13.8. The first-order valence-electron chi connectivity index (χ1n) is 7.93. The van der Waals surface area contributed by atoms with Crippen molar-refractivity contribution in [3.8, 4) is 5.75 Å². The lowest BCUT2D eigenvalue weighted by molar-refractivity contribution is -0.143. The third kappa shape index (κ3) is 6.51. The molecule has 0 saturated carbocycles. The van der Waals surface area contributed by atoms with E-state index in [9.17, 15) is 31.1 Å². The number of alkyl halides is 6. The summed E-state index contributed by atoms with van der Waals surface area (Å²) in [7, 11) is 0. The Morgan fingerprint density at radius 1 is 0.967 bits per heavy atom. The molecule has 0 aliphatic rings. The minimum atomic E-state index is -5.05. The molecule has 4 nitrogen and oxygen atoms in total. The molecule has 0 aliphatic carbocycles. The molecule has 2 rings (SSSR count). The Labute approximate surface area is 182 Å². The van der Waals surface area contributed by atoms with E-state index < -0.39 is 35.2 Å². The van der Waals surface area contributed by atoms with Crippen molar-refractivity contribution < 1.29 is 35.9 Å². The number of benzene rings is 2. The van der Waals surface area contributed by atoms with Gasteiger partial charge in [-0.1, -0.05) is 36.0 Å². The van der Waals surface area contributed by atoms with Gasteiger partial charge < -0.3 is 10.1 Å². The number of carbonyl (C=O) groups is 1. The van der Waals surface area contributed by atoms with Crippen LogP contribution in [-0.4, -0.2) is 19.2 Å². The number of anilines is 1. The number of thiol groups is 1. The molecule has 0 radical (unpaired) electrons. The molecule has 13 heteroatoms. The van der Waals surface area contributed by atoms with Gasteiger partial charge in [0.05, 0.1) is 33.4 Å². The van der Waals surface area contributed by atoms with Gasteiger partial charge in [-0.15, -0.1) is 0 Å². The summed E-state index contributed by atoms with van der Waals surface area (Å²) >= 11 is 15.3. The van der Waals surface area contributed by atoms with Crippen LogP contribution < -0.4 is 14.4 Å². The lowest BCUT2D eigenvalue weighted by Gasteiger charge is -2.20. The molecule has 2 amide bonds. The standard InChI is InChI=1S/C17H12Cl2F6N2O2S/c18-13-2-1-12(8-14(13)19)29-4-3-26-15(28)27(30)11-6-9(16(20,21)22)5-10(7-11)17(23,24)25/h1-2,5-8,30H,3-4H2,(H,26,28). The summed E-state index contributed by atoms with van der Waals surface area (Å²) in [5.74, 6) is 0.342. The van der Waals surface area contributed by atoms with Crippen LogP contribution in [0.3, 0.4) is 0 Å². The van der Waals surface area contributed by atoms with E-state index in [0.717, 1.165) is 0 Å². The molecule has 0 heterocycles. The molecular weight excluding hydrogens is 481 g/mol. The van der Waals surface area contributed by atoms with Crippen LogP contribution in [0.4, 0.5) is 36.8 Å². The zero-order valence-electron chi connectivity index (χ0n) is 14.6. The molecule has 2 aromatic carbocycles. The summed E-state index contributed by atoms with van der Waals surface area (Å²) in [5.41, 5.74) is -3.84. The minimum Gasteiger partial charge on any atom is -0.492 e. The van der Waals surface area contributed by atoms with Crippen molar-refractivity contribution in [1.29, 1.82) is 0 Å². The number of amides is 2.